The van der Waals surface area contributed by atoms with Gasteiger partial charge >= 0.3 is 0 Å². The van der Waals surface area contributed by atoms with Crippen LogP contribution in [0.15, 0.2) is 64.3 Å². The van der Waals surface area contributed by atoms with Crippen LogP contribution in [0.5, 0.6) is 0 Å². The fraction of sp³-hybridized carbons (Fsp3) is 0.143. The van der Waals surface area contributed by atoms with Crippen molar-refractivity contribution in [2.75, 3.05) is 35.0 Å². The lowest BCUT2D eigenvalue weighted by molar-refractivity contribution is -0.112. The maximum Gasteiger partial charge on any atom is 0.210 e. The molecule has 4 rings (SSSR count). The fourth-order valence-electron chi connectivity index (χ4n) is 3.26. The third-order valence-electron chi connectivity index (χ3n) is 4.66. The summed E-state index contributed by atoms with van der Waals surface area (Å²) in [5.41, 5.74) is 2.53. The Morgan fingerprint density at radius 1 is 1.16 bits per heavy atom. The molecule has 0 fully saturated rings. The number of thioether (sulfide) groups is 1. The number of rotatable bonds is 6. The number of nitrogens with one attached hydrogen (secondary N) is 1. The van der Waals surface area contributed by atoms with Gasteiger partial charge in [-0.2, -0.15) is 5.26 Å². The number of carbonyl (C=O) groups is 1. The van der Waals surface area contributed by atoms with Crippen molar-refractivity contribution in [1.29, 1.82) is 5.26 Å². The van der Waals surface area contributed by atoms with Crippen molar-refractivity contribution in [3.63, 3.8) is 0 Å². The number of anilines is 4. The van der Waals surface area contributed by atoms with Gasteiger partial charge in [0.15, 0.2) is 10.1 Å². The first-order chi connectivity index (χ1) is 15.0. The van der Waals surface area contributed by atoms with E-state index in [9.17, 15) is 14.4 Å². The molecule has 0 spiro atoms. The van der Waals surface area contributed by atoms with E-state index in [1.807, 2.05) is 48.2 Å². The molecule has 0 amide bonds. The molecule has 1 N–H and O–H groups in total. The molecule has 0 saturated carbocycles. The first-order valence-corrected chi connectivity index (χ1v) is 11.0. The summed E-state index contributed by atoms with van der Waals surface area (Å²) in [5, 5.41) is 21.3. The normalized spacial score (nSPS) is 12.5. The molecule has 0 unspecified atom stereocenters. The van der Waals surface area contributed by atoms with Crippen LogP contribution in [-0.4, -0.2) is 35.8 Å². The number of hydrogen-bond donors (Lipinski definition) is 1. The van der Waals surface area contributed by atoms with Gasteiger partial charge in [0.05, 0.1) is 17.1 Å². The summed E-state index contributed by atoms with van der Waals surface area (Å²) < 4.78 is 13.9. The van der Waals surface area contributed by atoms with Crippen LogP contribution in [0.2, 0.25) is 0 Å². The molecule has 1 aromatic heterocycles. The monoisotopic (exact) mass is 452 g/mol. The van der Waals surface area contributed by atoms with E-state index in [0.29, 0.717) is 21.0 Å². The molecule has 0 aliphatic carbocycles. The highest BCUT2D eigenvalue weighted by Gasteiger charge is 2.31. The SMILES string of the molecule is CN1C(=C(C#N)C(=O)CSc2nnc(Nc3cccc(F)c3)s2)N(C)c2ccccc21. The van der Waals surface area contributed by atoms with E-state index >= 15 is 0 Å². The minimum atomic E-state index is -0.351. The zero-order valence-corrected chi connectivity index (χ0v) is 18.3. The molecule has 2 aromatic carbocycles. The number of ketones is 1. The van der Waals surface area contributed by atoms with Gasteiger partial charge in [-0.3, -0.25) is 4.79 Å². The zero-order chi connectivity index (χ0) is 22.0. The van der Waals surface area contributed by atoms with Crippen LogP contribution in [-0.2, 0) is 4.79 Å². The highest BCUT2D eigenvalue weighted by molar-refractivity contribution is 8.01. The number of Topliss-reactive ketones (excluding diaryl/α,β-unsaturated/α-hetero) is 1. The van der Waals surface area contributed by atoms with Crippen molar-refractivity contribution in [3.8, 4) is 6.07 Å². The lowest BCUT2D eigenvalue weighted by Crippen LogP contribution is -2.26. The van der Waals surface area contributed by atoms with Crippen molar-refractivity contribution in [2.24, 2.45) is 0 Å². The van der Waals surface area contributed by atoms with E-state index in [1.54, 1.807) is 12.1 Å². The van der Waals surface area contributed by atoms with Gasteiger partial charge in [-0.25, -0.2) is 4.39 Å². The summed E-state index contributed by atoms with van der Waals surface area (Å²) in [7, 11) is 3.68. The van der Waals surface area contributed by atoms with Crippen LogP contribution in [0.4, 0.5) is 26.6 Å². The van der Waals surface area contributed by atoms with Crippen molar-refractivity contribution >= 4 is 51.1 Å². The lowest BCUT2D eigenvalue weighted by atomic mass is 10.2. The van der Waals surface area contributed by atoms with Crippen LogP contribution < -0.4 is 15.1 Å². The van der Waals surface area contributed by atoms with E-state index in [0.717, 1.165) is 11.4 Å². The largest absolute Gasteiger partial charge is 0.330 e. The number of hydrogen-bond acceptors (Lipinski definition) is 9. The van der Waals surface area contributed by atoms with Gasteiger partial charge in [-0.1, -0.05) is 41.3 Å². The summed E-state index contributed by atoms with van der Waals surface area (Å²) in [6, 6.07) is 15.8. The number of aromatic nitrogens is 2. The second kappa shape index (κ2) is 8.75. The maximum atomic E-state index is 13.3. The number of para-hydroxylation sites is 2. The predicted octanol–water partition coefficient (Wildman–Crippen LogP) is 4.40. The summed E-state index contributed by atoms with van der Waals surface area (Å²) >= 11 is 2.46. The summed E-state index contributed by atoms with van der Waals surface area (Å²) in [5.74, 6) is -0.0291. The summed E-state index contributed by atoms with van der Waals surface area (Å²) in [4.78, 5) is 16.6. The molecule has 156 valence electrons. The molecule has 10 heteroatoms. The second-order valence-electron chi connectivity index (χ2n) is 6.64. The molecule has 0 bridgehead atoms. The Labute approximate surface area is 186 Å². The van der Waals surface area contributed by atoms with E-state index in [-0.39, 0.29) is 22.9 Å². The van der Waals surface area contributed by atoms with Crippen LogP contribution in [0, 0.1) is 17.1 Å². The average Bonchev–Trinajstić information content (AvgIpc) is 3.31. The number of allylic oxidation sites excluding steroid dienone is 1. The van der Waals surface area contributed by atoms with Crippen molar-refractivity contribution in [1.82, 2.24) is 10.2 Å². The first-order valence-electron chi connectivity index (χ1n) is 9.21. The topological polar surface area (TPSA) is 85.1 Å². The second-order valence-corrected chi connectivity index (χ2v) is 8.84. The van der Waals surface area contributed by atoms with Crippen molar-refractivity contribution < 1.29 is 9.18 Å². The average molecular weight is 453 g/mol. The Morgan fingerprint density at radius 3 is 2.52 bits per heavy atom. The Bertz CT molecular complexity index is 1190. The molecule has 1 aliphatic heterocycles. The Balaban J connectivity index is 1.46. The van der Waals surface area contributed by atoms with Crippen LogP contribution in [0.1, 0.15) is 0 Å². The smallest absolute Gasteiger partial charge is 0.210 e. The number of nitrogens with zero attached hydrogens (tertiary/aromatic N) is 5. The fourth-order valence-corrected chi connectivity index (χ4v) is 4.91. The third-order valence-corrected chi connectivity index (χ3v) is 6.64. The van der Waals surface area contributed by atoms with E-state index in [2.05, 4.69) is 21.6 Å². The van der Waals surface area contributed by atoms with E-state index < -0.39 is 0 Å². The Hall–Kier alpha value is -3.42. The number of carbonyl (C=O) groups excluding carboxylic acids is 1. The molecular formula is C21H17FN6OS2. The van der Waals surface area contributed by atoms with Gasteiger partial charge in [0, 0.05) is 19.8 Å². The molecule has 31 heavy (non-hydrogen) atoms. The Kier molecular flexibility index (Phi) is 5.88. The molecule has 3 aromatic rings. The summed E-state index contributed by atoms with van der Waals surface area (Å²) in [6.45, 7) is 0. The number of fused-ring (bicyclic) bond motifs is 1. The number of benzene rings is 2. The highest BCUT2D eigenvalue weighted by Crippen LogP contribution is 2.40. The van der Waals surface area contributed by atoms with Gasteiger partial charge in [-0.05, 0) is 30.3 Å². The molecule has 0 radical (unpaired) electrons. The standard InChI is InChI=1S/C21H17FN6OS2/c1-27-16-8-3-4-9-17(16)28(2)19(27)15(11-23)18(29)12-30-21-26-25-20(31-21)24-14-7-5-6-13(22)10-14/h3-10H,12H2,1-2H3,(H,24,25). The zero-order valence-electron chi connectivity index (χ0n) is 16.7. The lowest BCUT2D eigenvalue weighted by Gasteiger charge is -2.19. The highest BCUT2D eigenvalue weighted by atomic mass is 32.2. The molecule has 0 atom stereocenters. The molecular weight excluding hydrogens is 435 g/mol. The van der Waals surface area contributed by atoms with E-state index in [1.165, 1.54) is 35.2 Å². The van der Waals surface area contributed by atoms with Gasteiger partial charge in [0.2, 0.25) is 5.13 Å². The number of halogens is 1. The van der Waals surface area contributed by atoms with Gasteiger partial charge in [0.25, 0.3) is 0 Å². The Morgan fingerprint density at radius 2 is 1.87 bits per heavy atom. The predicted molar refractivity (Wildman–Crippen MR) is 121 cm³/mol. The van der Waals surface area contributed by atoms with Gasteiger partial charge in [0.1, 0.15) is 23.3 Å². The van der Waals surface area contributed by atoms with Crippen LogP contribution in [0.25, 0.3) is 0 Å². The van der Waals surface area contributed by atoms with E-state index in [4.69, 9.17) is 0 Å². The summed E-state index contributed by atoms with van der Waals surface area (Å²) in [6.07, 6.45) is 0. The minimum absolute atomic E-state index is 0.0546. The van der Waals surface area contributed by atoms with Crippen molar-refractivity contribution in [3.05, 3.63) is 65.7 Å². The maximum absolute atomic E-state index is 13.3. The number of nitriles is 1. The molecule has 2 heterocycles. The third kappa shape index (κ3) is 4.23. The molecule has 0 saturated heterocycles. The first kappa shape index (κ1) is 20.8. The minimum Gasteiger partial charge on any atom is -0.330 e. The van der Waals surface area contributed by atoms with Gasteiger partial charge < -0.3 is 15.1 Å². The quantitative estimate of drug-likeness (QED) is 0.335. The van der Waals surface area contributed by atoms with Crippen molar-refractivity contribution in [2.45, 2.75) is 4.34 Å². The van der Waals surface area contributed by atoms with Gasteiger partial charge in [-0.15, -0.1) is 10.2 Å². The van der Waals surface area contributed by atoms with Crippen LogP contribution >= 0.6 is 23.1 Å². The molecule has 7 nitrogen and oxygen atoms in total. The van der Waals surface area contributed by atoms with Crippen LogP contribution in [0.3, 0.4) is 0 Å². The molecule has 1 aliphatic rings.